The van der Waals surface area contributed by atoms with Crippen molar-refractivity contribution in [3.63, 3.8) is 0 Å². The van der Waals surface area contributed by atoms with Gasteiger partial charge in [-0.3, -0.25) is 0 Å². The fourth-order valence-corrected chi connectivity index (χ4v) is 2.01. The summed E-state index contributed by atoms with van der Waals surface area (Å²) in [5, 5.41) is 1.07. The van der Waals surface area contributed by atoms with Gasteiger partial charge < -0.3 is 0 Å². The Labute approximate surface area is 69.4 Å². The lowest BCUT2D eigenvalue weighted by Crippen LogP contribution is -1.76. The molecule has 1 aromatic heterocycles. The monoisotopic (exact) mass is 174 g/mol. The Kier molecular flexibility index (Phi) is 3.75. The highest BCUT2D eigenvalue weighted by atomic mass is 32.2. The van der Waals surface area contributed by atoms with E-state index in [1.54, 1.807) is 11.8 Å². The van der Waals surface area contributed by atoms with Crippen molar-refractivity contribution in [2.75, 3.05) is 5.75 Å². The van der Waals surface area contributed by atoms with Gasteiger partial charge in [-0.1, -0.05) is 13.3 Å². The third kappa shape index (κ3) is 2.66. The third-order valence-corrected chi connectivity index (χ3v) is 2.67. The van der Waals surface area contributed by atoms with Crippen molar-refractivity contribution in [1.82, 2.24) is 8.75 Å². The summed E-state index contributed by atoms with van der Waals surface area (Å²) in [6, 6.07) is 0. The molecule has 10 heavy (non-hydrogen) atoms. The number of thioether (sulfide) groups is 1. The molecular formula is C6H10N2S2. The Bertz CT molecular complexity index is 162. The van der Waals surface area contributed by atoms with Gasteiger partial charge in [0.05, 0.1) is 17.9 Å². The first-order chi connectivity index (χ1) is 4.93. The fraction of sp³-hybridized carbons (Fsp3) is 0.667. The van der Waals surface area contributed by atoms with Gasteiger partial charge in [0.1, 0.15) is 5.03 Å². The molecule has 0 amide bonds. The first kappa shape index (κ1) is 8.01. The summed E-state index contributed by atoms with van der Waals surface area (Å²) < 4.78 is 7.99. The minimum atomic E-state index is 1.07. The quantitative estimate of drug-likeness (QED) is 0.518. The second-order valence-electron chi connectivity index (χ2n) is 1.95. The maximum absolute atomic E-state index is 4.08. The van der Waals surface area contributed by atoms with Gasteiger partial charge in [0, 0.05) is 0 Å². The van der Waals surface area contributed by atoms with Gasteiger partial charge in [-0.2, -0.15) is 8.75 Å². The summed E-state index contributed by atoms with van der Waals surface area (Å²) in [5.74, 6) is 1.17. The molecule has 56 valence electrons. The van der Waals surface area contributed by atoms with Crippen molar-refractivity contribution in [2.24, 2.45) is 0 Å². The highest BCUT2D eigenvalue weighted by Gasteiger charge is 1.94. The number of hydrogen-bond donors (Lipinski definition) is 0. The van der Waals surface area contributed by atoms with Crippen LogP contribution in [-0.2, 0) is 0 Å². The standard InChI is InChI=1S/C6H10N2S2/c1-2-3-4-9-6-5-7-10-8-6/h5H,2-4H2,1H3. The molecule has 0 atom stereocenters. The van der Waals surface area contributed by atoms with Crippen LogP contribution in [0.3, 0.4) is 0 Å². The van der Waals surface area contributed by atoms with Crippen LogP contribution < -0.4 is 0 Å². The highest BCUT2D eigenvalue weighted by molar-refractivity contribution is 7.99. The second-order valence-corrected chi connectivity index (χ2v) is 3.62. The van der Waals surface area contributed by atoms with E-state index in [1.165, 1.54) is 30.3 Å². The minimum Gasteiger partial charge on any atom is -0.180 e. The Morgan fingerprint density at radius 1 is 1.70 bits per heavy atom. The number of unbranched alkanes of at least 4 members (excludes halogenated alkanes) is 1. The molecule has 1 aromatic rings. The summed E-state index contributed by atoms with van der Waals surface area (Å²) in [6.45, 7) is 2.19. The van der Waals surface area contributed by atoms with E-state index in [9.17, 15) is 0 Å². The Morgan fingerprint density at radius 2 is 2.60 bits per heavy atom. The molecule has 0 radical (unpaired) electrons. The maximum atomic E-state index is 4.08. The van der Waals surface area contributed by atoms with Gasteiger partial charge >= 0.3 is 0 Å². The maximum Gasteiger partial charge on any atom is 0.130 e. The fourth-order valence-electron chi connectivity index (χ4n) is 0.541. The van der Waals surface area contributed by atoms with Crippen molar-refractivity contribution in [3.05, 3.63) is 6.20 Å². The molecule has 0 saturated heterocycles. The number of hydrogen-bond acceptors (Lipinski definition) is 4. The molecule has 0 saturated carbocycles. The van der Waals surface area contributed by atoms with Gasteiger partial charge in [0.15, 0.2) is 0 Å². The van der Waals surface area contributed by atoms with E-state index < -0.39 is 0 Å². The lowest BCUT2D eigenvalue weighted by Gasteiger charge is -1.91. The molecule has 0 fully saturated rings. The lowest BCUT2D eigenvalue weighted by molar-refractivity contribution is 0.895. The van der Waals surface area contributed by atoms with Crippen LogP contribution in [0, 0.1) is 0 Å². The van der Waals surface area contributed by atoms with Gasteiger partial charge in [-0.15, -0.1) is 11.8 Å². The molecule has 0 aliphatic carbocycles. The predicted octanol–water partition coefficient (Wildman–Crippen LogP) is 2.43. The molecule has 0 N–H and O–H groups in total. The second kappa shape index (κ2) is 4.68. The van der Waals surface area contributed by atoms with Gasteiger partial charge in [-0.25, -0.2) is 0 Å². The summed E-state index contributed by atoms with van der Waals surface area (Å²) in [4.78, 5) is 0. The molecule has 4 heteroatoms. The Morgan fingerprint density at radius 3 is 3.20 bits per heavy atom. The van der Waals surface area contributed by atoms with Gasteiger partial charge in [-0.05, 0) is 12.2 Å². The molecule has 1 heterocycles. The summed E-state index contributed by atoms with van der Waals surface area (Å²) in [5.41, 5.74) is 0. The largest absolute Gasteiger partial charge is 0.180 e. The topological polar surface area (TPSA) is 25.8 Å². The van der Waals surface area contributed by atoms with Crippen molar-refractivity contribution in [2.45, 2.75) is 24.8 Å². The zero-order valence-electron chi connectivity index (χ0n) is 5.91. The third-order valence-electron chi connectivity index (χ3n) is 1.09. The molecule has 0 aliphatic heterocycles. The van der Waals surface area contributed by atoms with E-state index >= 15 is 0 Å². The summed E-state index contributed by atoms with van der Waals surface area (Å²) in [6.07, 6.45) is 4.34. The van der Waals surface area contributed by atoms with Crippen molar-refractivity contribution in [3.8, 4) is 0 Å². The predicted molar refractivity (Wildman–Crippen MR) is 45.5 cm³/mol. The first-order valence-electron chi connectivity index (χ1n) is 3.34. The van der Waals surface area contributed by atoms with Crippen LogP contribution >= 0.6 is 23.5 Å². The normalized spacial score (nSPS) is 10.1. The van der Waals surface area contributed by atoms with E-state index in [2.05, 4.69) is 15.7 Å². The van der Waals surface area contributed by atoms with Crippen molar-refractivity contribution in [1.29, 1.82) is 0 Å². The lowest BCUT2D eigenvalue weighted by atomic mass is 10.4. The van der Waals surface area contributed by atoms with Gasteiger partial charge in [0.2, 0.25) is 0 Å². The molecule has 1 rings (SSSR count). The van der Waals surface area contributed by atoms with E-state index in [0.717, 1.165) is 5.03 Å². The molecule has 0 bridgehead atoms. The number of nitrogens with zero attached hydrogens (tertiary/aromatic N) is 2. The first-order valence-corrected chi connectivity index (χ1v) is 5.05. The summed E-state index contributed by atoms with van der Waals surface area (Å²) >= 11 is 3.07. The van der Waals surface area contributed by atoms with Crippen LogP contribution in [0.25, 0.3) is 0 Å². The Balaban J connectivity index is 2.15. The van der Waals surface area contributed by atoms with E-state index in [0.29, 0.717) is 0 Å². The molecular weight excluding hydrogens is 164 g/mol. The van der Waals surface area contributed by atoms with E-state index in [-0.39, 0.29) is 0 Å². The van der Waals surface area contributed by atoms with Crippen molar-refractivity contribution < 1.29 is 0 Å². The van der Waals surface area contributed by atoms with Crippen LogP contribution in [0.15, 0.2) is 11.2 Å². The van der Waals surface area contributed by atoms with Crippen LogP contribution in [0.2, 0.25) is 0 Å². The molecule has 0 aliphatic rings. The van der Waals surface area contributed by atoms with Crippen LogP contribution in [0.1, 0.15) is 19.8 Å². The average Bonchev–Trinajstić information content (AvgIpc) is 2.41. The van der Waals surface area contributed by atoms with Crippen LogP contribution in [-0.4, -0.2) is 14.5 Å². The Hall–Kier alpha value is -0.0900. The SMILES string of the molecule is CCCCSc1cnsn1. The smallest absolute Gasteiger partial charge is 0.130 e. The van der Waals surface area contributed by atoms with Crippen LogP contribution in [0.4, 0.5) is 0 Å². The average molecular weight is 174 g/mol. The van der Waals surface area contributed by atoms with Crippen molar-refractivity contribution >= 4 is 23.5 Å². The number of rotatable bonds is 4. The molecule has 0 unspecified atom stereocenters. The number of aromatic nitrogens is 2. The van der Waals surface area contributed by atoms with Gasteiger partial charge in [0.25, 0.3) is 0 Å². The van der Waals surface area contributed by atoms with Crippen LogP contribution in [0.5, 0.6) is 0 Å². The highest BCUT2D eigenvalue weighted by Crippen LogP contribution is 2.15. The molecule has 2 nitrogen and oxygen atoms in total. The minimum absolute atomic E-state index is 1.07. The zero-order chi connectivity index (χ0) is 7.23. The molecule has 0 aromatic carbocycles. The summed E-state index contributed by atoms with van der Waals surface area (Å²) in [7, 11) is 0. The van der Waals surface area contributed by atoms with E-state index in [1.807, 2.05) is 6.20 Å². The molecule has 0 spiro atoms. The zero-order valence-corrected chi connectivity index (χ0v) is 7.54. The van der Waals surface area contributed by atoms with E-state index in [4.69, 9.17) is 0 Å².